The van der Waals surface area contributed by atoms with E-state index in [0.29, 0.717) is 6.61 Å². The molecule has 0 unspecified atom stereocenters. The second-order valence-corrected chi connectivity index (χ2v) is 7.12. The summed E-state index contributed by atoms with van der Waals surface area (Å²) in [7, 11) is 0. The Morgan fingerprint density at radius 1 is 1.24 bits per heavy atom. The summed E-state index contributed by atoms with van der Waals surface area (Å²) in [6.45, 7) is 5.21. The standard InChI is InChI=1S/C20H25N3O2/c1-2-25-18-8-9-19-14(10-18)6-7-17(21-19)13-23-11-15-4-3-5-16(12-23)22-20(15)24/h6-10,15-16H,2-5,11-13H2,1H3,(H,22,24)/t15-,16+/m0/s1. The summed E-state index contributed by atoms with van der Waals surface area (Å²) in [6.07, 6.45) is 3.24. The number of hydrogen-bond donors (Lipinski definition) is 1. The second kappa shape index (κ2) is 7.00. The molecule has 132 valence electrons. The maximum absolute atomic E-state index is 12.2. The molecule has 25 heavy (non-hydrogen) atoms. The third kappa shape index (κ3) is 3.61. The number of nitrogens with one attached hydrogen (secondary N) is 1. The number of amides is 1. The van der Waals surface area contributed by atoms with Gasteiger partial charge in [-0.3, -0.25) is 14.7 Å². The van der Waals surface area contributed by atoms with Gasteiger partial charge in [0.1, 0.15) is 5.75 Å². The Labute approximate surface area is 148 Å². The van der Waals surface area contributed by atoms with Crippen molar-refractivity contribution in [3.63, 3.8) is 0 Å². The van der Waals surface area contributed by atoms with Crippen molar-refractivity contribution in [2.75, 3.05) is 19.7 Å². The molecule has 3 heterocycles. The van der Waals surface area contributed by atoms with Gasteiger partial charge in [-0.25, -0.2) is 0 Å². The van der Waals surface area contributed by atoms with Crippen LogP contribution in [-0.4, -0.2) is 41.5 Å². The van der Waals surface area contributed by atoms with E-state index >= 15 is 0 Å². The maximum Gasteiger partial charge on any atom is 0.224 e. The van der Waals surface area contributed by atoms with E-state index in [-0.39, 0.29) is 17.9 Å². The van der Waals surface area contributed by atoms with Crippen molar-refractivity contribution in [3.8, 4) is 5.75 Å². The zero-order valence-electron chi connectivity index (χ0n) is 14.7. The summed E-state index contributed by atoms with van der Waals surface area (Å²) in [5.41, 5.74) is 2.05. The molecular formula is C20H25N3O2. The number of hydrogen-bond acceptors (Lipinski definition) is 4. The van der Waals surface area contributed by atoms with Gasteiger partial charge >= 0.3 is 0 Å². The zero-order chi connectivity index (χ0) is 17.2. The molecule has 5 nitrogen and oxygen atoms in total. The molecular weight excluding hydrogens is 314 g/mol. The van der Waals surface area contributed by atoms with E-state index in [9.17, 15) is 4.79 Å². The molecule has 1 amide bonds. The maximum atomic E-state index is 12.2. The number of likely N-dealkylation sites (tertiary alicyclic amines) is 1. The fraction of sp³-hybridized carbons (Fsp3) is 0.500. The van der Waals surface area contributed by atoms with E-state index in [4.69, 9.17) is 9.72 Å². The number of pyridine rings is 1. The Kier molecular flexibility index (Phi) is 4.57. The van der Waals surface area contributed by atoms with Gasteiger partial charge in [0, 0.05) is 31.1 Å². The molecule has 0 aliphatic carbocycles. The number of benzene rings is 1. The van der Waals surface area contributed by atoms with Crippen LogP contribution in [0, 0.1) is 5.92 Å². The Balaban J connectivity index is 1.52. The first-order valence-electron chi connectivity index (χ1n) is 9.26. The summed E-state index contributed by atoms with van der Waals surface area (Å²) in [6, 6.07) is 10.5. The van der Waals surface area contributed by atoms with E-state index in [1.54, 1.807) is 0 Å². The molecule has 1 aromatic heterocycles. The summed E-state index contributed by atoms with van der Waals surface area (Å²) in [5.74, 6) is 1.25. The summed E-state index contributed by atoms with van der Waals surface area (Å²) >= 11 is 0. The number of carbonyl (C=O) groups excluding carboxylic acids is 1. The molecule has 0 spiro atoms. The molecule has 2 atom stereocenters. The van der Waals surface area contributed by atoms with Crippen molar-refractivity contribution in [3.05, 3.63) is 36.0 Å². The van der Waals surface area contributed by atoms with Crippen LogP contribution in [0.4, 0.5) is 0 Å². The van der Waals surface area contributed by atoms with E-state index in [1.807, 2.05) is 25.1 Å². The lowest BCUT2D eigenvalue weighted by Crippen LogP contribution is -2.38. The van der Waals surface area contributed by atoms with Crippen LogP contribution in [-0.2, 0) is 11.3 Å². The molecule has 2 bridgehead atoms. The highest BCUT2D eigenvalue weighted by Crippen LogP contribution is 2.24. The third-order valence-corrected chi connectivity index (χ3v) is 5.19. The van der Waals surface area contributed by atoms with Crippen molar-refractivity contribution in [1.82, 2.24) is 15.2 Å². The van der Waals surface area contributed by atoms with Gasteiger partial charge in [0.05, 0.1) is 23.7 Å². The fourth-order valence-corrected chi connectivity index (χ4v) is 3.99. The molecule has 2 aliphatic rings. The van der Waals surface area contributed by atoms with E-state index in [1.165, 1.54) is 0 Å². The SMILES string of the molecule is CCOc1ccc2nc(CN3C[C@H]4CCC[C@@H](C3)C(=O)N4)ccc2c1. The fourth-order valence-electron chi connectivity index (χ4n) is 3.99. The van der Waals surface area contributed by atoms with E-state index in [2.05, 4.69) is 22.3 Å². The van der Waals surface area contributed by atoms with Gasteiger partial charge in [-0.1, -0.05) is 12.5 Å². The highest BCUT2D eigenvalue weighted by molar-refractivity contribution is 5.80. The first-order chi connectivity index (χ1) is 12.2. The normalized spacial score (nSPS) is 24.0. The quantitative estimate of drug-likeness (QED) is 0.931. The van der Waals surface area contributed by atoms with Gasteiger partial charge in [-0.05, 0) is 44.0 Å². The number of aromatic nitrogens is 1. The molecule has 2 aliphatic heterocycles. The number of ether oxygens (including phenoxy) is 1. The number of nitrogens with zero attached hydrogens (tertiary/aromatic N) is 2. The predicted octanol–water partition coefficient (Wildman–Crippen LogP) is 2.73. The first-order valence-corrected chi connectivity index (χ1v) is 9.26. The van der Waals surface area contributed by atoms with Crippen LogP contribution in [0.5, 0.6) is 5.75 Å². The average molecular weight is 339 g/mol. The minimum Gasteiger partial charge on any atom is -0.494 e. The average Bonchev–Trinajstić information content (AvgIpc) is 2.84. The molecule has 1 N–H and O–H groups in total. The lowest BCUT2D eigenvalue weighted by atomic mass is 9.99. The van der Waals surface area contributed by atoms with Gasteiger partial charge in [0.25, 0.3) is 0 Å². The van der Waals surface area contributed by atoms with Crippen molar-refractivity contribution in [2.24, 2.45) is 5.92 Å². The van der Waals surface area contributed by atoms with E-state index in [0.717, 1.165) is 61.2 Å². The van der Waals surface area contributed by atoms with Crippen LogP contribution in [0.25, 0.3) is 10.9 Å². The van der Waals surface area contributed by atoms with Crippen LogP contribution in [0.15, 0.2) is 30.3 Å². The van der Waals surface area contributed by atoms with Crippen molar-refractivity contribution < 1.29 is 9.53 Å². The minimum absolute atomic E-state index is 0.127. The smallest absolute Gasteiger partial charge is 0.224 e. The summed E-state index contributed by atoms with van der Waals surface area (Å²) in [4.78, 5) is 19.4. The molecule has 0 saturated carbocycles. The lowest BCUT2D eigenvalue weighted by molar-refractivity contribution is -0.124. The van der Waals surface area contributed by atoms with Gasteiger partial charge in [0.15, 0.2) is 0 Å². The van der Waals surface area contributed by atoms with Crippen LogP contribution < -0.4 is 10.1 Å². The Morgan fingerprint density at radius 3 is 3.04 bits per heavy atom. The Hall–Kier alpha value is -2.14. The third-order valence-electron chi connectivity index (χ3n) is 5.19. The van der Waals surface area contributed by atoms with E-state index < -0.39 is 0 Å². The Bertz CT molecular complexity index is 777. The Morgan fingerprint density at radius 2 is 2.16 bits per heavy atom. The molecule has 2 aromatic rings. The largest absolute Gasteiger partial charge is 0.494 e. The first kappa shape index (κ1) is 16.3. The van der Waals surface area contributed by atoms with Gasteiger partial charge in [-0.15, -0.1) is 0 Å². The molecule has 4 rings (SSSR count). The van der Waals surface area contributed by atoms with Gasteiger partial charge < -0.3 is 10.1 Å². The summed E-state index contributed by atoms with van der Waals surface area (Å²) in [5, 5.41) is 4.29. The molecule has 0 radical (unpaired) electrons. The van der Waals surface area contributed by atoms with Gasteiger partial charge in [-0.2, -0.15) is 0 Å². The number of rotatable bonds is 4. The number of carbonyl (C=O) groups is 1. The second-order valence-electron chi connectivity index (χ2n) is 7.12. The predicted molar refractivity (Wildman–Crippen MR) is 97.5 cm³/mol. The molecule has 1 aromatic carbocycles. The van der Waals surface area contributed by atoms with Crippen LogP contribution >= 0.6 is 0 Å². The summed E-state index contributed by atoms with van der Waals surface area (Å²) < 4.78 is 5.56. The highest BCUT2D eigenvalue weighted by Gasteiger charge is 2.32. The monoisotopic (exact) mass is 339 g/mol. The van der Waals surface area contributed by atoms with Crippen molar-refractivity contribution in [2.45, 2.75) is 38.8 Å². The van der Waals surface area contributed by atoms with Crippen LogP contribution in [0.1, 0.15) is 31.9 Å². The zero-order valence-corrected chi connectivity index (χ0v) is 14.7. The highest BCUT2D eigenvalue weighted by atomic mass is 16.5. The van der Waals surface area contributed by atoms with Crippen molar-refractivity contribution in [1.29, 1.82) is 0 Å². The molecule has 2 fully saturated rings. The molecule has 2 saturated heterocycles. The number of fused-ring (bicyclic) bond motifs is 4. The molecule has 5 heteroatoms. The lowest BCUT2D eigenvalue weighted by Gasteiger charge is -2.27. The topological polar surface area (TPSA) is 54.5 Å². The van der Waals surface area contributed by atoms with Crippen LogP contribution in [0.2, 0.25) is 0 Å². The van der Waals surface area contributed by atoms with Crippen LogP contribution in [0.3, 0.4) is 0 Å². The van der Waals surface area contributed by atoms with Gasteiger partial charge in [0.2, 0.25) is 5.91 Å². The van der Waals surface area contributed by atoms with Crippen molar-refractivity contribution >= 4 is 16.8 Å². The minimum atomic E-state index is 0.127.